The Hall–Kier alpha value is -1.63. The van der Waals surface area contributed by atoms with Crippen molar-refractivity contribution in [1.82, 2.24) is 9.80 Å². The molecule has 3 aliphatic heterocycles. The smallest absolute Gasteiger partial charge is 0.257 e. The lowest BCUT2D eigenvalue weighted by Gasteiger charge is -2.38. The van der Waals surface area contributed by atoms with Crippen molar-refractivity contribution < 1.29 is 19.7 Å². The van der Waals surface area contributed by atoms with E-state index in [0.29, 0.717) is 18.7 Å². The molecule has 3 fully saturated rings. The van der Waals surface area contributed by atoms with Crippen LogP contribution >= 0.6 is 0 Å². The van der Waals surface area contributed by atoms with Gasteiger partial charge in [0.25, 0.3) is 5.91 Å². The molecule has 0 unspecified atom stereocenters. The first-order valence-corrected chi connectivity index (χ1v) is 10.6. The van der Waals surface area contributed by atoms with Crippen molar-refractivity contribution in [2.45, 2.75) is 51.2 Å². The molecule has 28 heavy (non-hydrogen) atoms. The van der Waals surface area contributed by atoms with Crippen LogP contribution in [0.2, 0.25) is 0 Å². The fourth-order valence-corrected chi connectivity index (χ4v) is 5.02. The van der Waals surface area contributed by atoms with Crippen LogP contribution in [0.25, 0.3) is 0 Å². The Balaban J connectivity index is 1.31. The second-order valence-electron chi connectivity index (χ2n) is 9.01. The summed E-state index contributed by atoms with van der Waals surface area (Å²) in [5.41, 5.74) is 1.55. The van der Waals surface area contributed by atoms with Gasteiger partial charge in [0.05, 0.1) is 24.4 Å². The number of amides is 1. The van der Waals surface area contributed by atoms with Crippen LogP contribution in [0.4, 0.5) is 0 Å². The number of aliphatic hydroxyl groups excluding tert-OH is 1. The lowest BCUT2D eigenvalue weighted by atomic mass is 9.76. The predicted molar refractivity (Wildman–Crippen MR) is 106 cm³/mol. The molecule has 1 spiro atoms. The number of phenolic OH excluding ortho intramolecular Hbond substituents is 1. The normalized spacial score (nSPS) is 28.0. The minimum atomic E-state index is -0.198. The van der Waals surface area contributed by atoms with Crippen molar-refractivity contribution in [3.05, 3.63) is 29.3 Å². The van der Waals surface area contributed by atoms with E-state index in [-0.39, 0.29) is 29.3 Å². The summed E-state index contributed by atoms with van der Waals surface area (Å²) in [6.07, 6.45) is 4.94. The number of benzene rings is 1. The molecular formula is C22H32N2O4. The highest BCUT2D eigenvalue weighted by Crippen LogP contribution is 2.42. The topological polar surface area (TPSA) is 73.2 Å². The second kappa shape index (κ2) is 8.01. The Bertz CT molecular complexity index is 714. The number of ether oxygens (including phenoxy) is 1. The van der Waals surface area contributed by atoms with Gasteiger partial charge < -0.3 is 19.8 Å². The molecule has 0 saturated carbocycles. The van der Waals surface area contributed by atoms with Gasteiger partial charge in [-0.3, -0.25) is 9.69 Å². The van der Waals surface area contributed by atoms with Crippen molar-refractivity contribution in [2.24, 2.45) is 5.41 Å². The molecular weight excluding hydrogens is 356 g/mol. The van der Waals surface area contributed by atoms with E-state index in [1.54, 1.807) is 12.1 Å². The van der Waals surface area contributed by atoms with Crippen LogP contribution in [0.1, 0.15) is 48.0 Å². The number of phenols is 1. The van der Waals surface area contributed by atoms with E-state index in [2.05, 4.69) is 4.90 Å². The summed E-state index contributed by atoms with van der Waals surface area (Å²) in [4.78, 5) is 17.0. The van der Waals surface area contributed by atoms with Crippen molar-refractivity contribution in [3.63, 3.8) is 0 Å². The zero-order valence-electron chi connectivity index (χ0n) is 16.8. The first-order valence-electron chi connectivity index (χ1n) is 10.6. The van der Waals surface area contributed by atoms with Crippen molar-refractivity contribution >= 4 is 5.91 Å². The largest absolute Gasteiger partial charge is 0.507 e. The molecule has 2 N–H and O–H groups in total. The molecule has 2 atom stereocenters. The Labute approximate surface area is 167 Å². The molecule has 3 heterocycles. The average molecular weight is 389 g/mol. The average Bonchev–Trinajstić information content (AvgIpc) is 3.06. The third-order valence-electron chi connectivity index (χ3n) is 6.72. The minimum absolute atomic E-state index is 0.0591. The maximum Gasteiger partial charge on any atom is 0.257 e. The zero-order chi connectivity index (χ0) is 19.7. The summed E-state index contributed by atoms with van der Waals surface area (Å²) in [5.74, 6) is -0.0160. The predicted octanol–water partition coefficient (Wildman–Crippen LogP) is 2.17. The van der Waals surface area contributed by atoms with E-state index in [0.717, 1.165) is 63.9 Å². The number of aromatic hydroxyl groups is 1. The number of aryl methyl sites for hydroxylation is 1. The first-order chi connectivity index (χ1) is 13.4. The summed E-state index contributed by atoms with van der Waals surface area (Å²) in [6, 6.07) is 5.18. The van der Waals surface area contributed by atoms with E-state index >= 15 is 0 Å². The minimum Gasteiger partial charge on any atom is -0.507 e. The lowest BCUT2D eigenvalue weighted by Crippen LogP contribution is -2.44. The summed E-state index contributed by atoms with van der Waals surface area (Å²) < 4.78 is 6.13. The molecule has 0 aliphatic carbocycles. The summed E-state index contributed by atoms with van der Waals surface area (Å²) in [6.45, 7) is 6.83. The fraction of sp³-hybridized carbons (Fsp3) is 0.682. The molecule has 0 radical (unpaired) electrons. The van der Waals surface area contributed by atoms with Crippen LogP contribution in [-0.2, 0) is 4.74 Å². The number of carbonyl (C=O) groups is 1. The first kappa shape index (κ1) is 19.7. The van der Waals surface area contributed by atoms with Crippen LogP contribution in [0.5, 0.6) is 5.75 Å². The molecule has 154 valence electrons. The van der Waals surface area contributed by atoms with Crippen LogP contribution in [-0.4, -0.2) is 77.5 Å². The van der Waals surface area contributed by atoms with Crippen molar-refractivity contribution in [3.8, 4) is 5.75 Å². The number of nitrogens with zero attached hydrogens (tertiary/aromatic N) is 2. The maximum atomic E-state index is 12.8. The Morgan fingerprint density at radius 3 is 2.82 bits per heavy atom. The third kappa shape index (κ3) is 4.19. The van der Waals surface area contributed by atoms with Gasteiger partial charge in [-0.2, -0.15) is 0 Å². The maximum absolute atomic E-state index is 12.8. The van der Waals surface area contributed by atoms with E-state index < -0.39 is 0 Å². The van der Waals surface area contributed by atoms with E-state index in [4.69, 9.17) is 4.74 Å². The van der Waals surface area contributed by atoms with Gasteiger partial charge in [-0.25, -0.2) is 0 Å². The molecule has 1 amide bonds. The molecule has 3 aliphatic rings. The van der Waals surface area contributed by atoms with Gasteiger partial charge in [0.2, 0.25) is 0 Å². The number of β-amino-alcohol motifs (C(OH)–C–C–N with tert-alkyl or cyclic N) is 1. The number of rotatable bonds is 3. The Morgan fingerprint density at radius 1 is 1.29 bits per heavy atom. The lowest BCUT2D eigenvalue weighted by molar-refractivity contribution is 0.0227. The molecule has 0 aromatic heterocycles. The highest BCUT2D eigenvalue weighted by Gasteiger charge is 2.43. The quantitative estimate of drug-likeness (QED) is 0.830. The monoisotopic (exact) mass is 388 g/mol. The zero-order valence-corrected chi connectivity index (χ0v) is 16.8. The summed E-state index contributed by atoms with van der Waals surface area (Å²) in [7, 11) is 0. The van der Waals surface area contributed by atoms with Gasteiger partial charge in [0, 0.05) is 26.2 Å². The summed E-state index contributed by atoms with van der Waals surface area (Å²) >= 11 is 0. The third-order valence-corrected chi connectivity index (χ3v) is 6.72. The van der Waals surface area contributed by atoms with E-state index in [1.165, 1.54) is 0 Å². The number of carbonyl (C=O) groups excluding carboxylic acids is 1. The van der Waals surface area contributed by atoms with Gasteiger partial charge in [0.15, 0.2) is 0 Å². The van der Waals surface area contributed by atoms with Gasteiger partial charge in [-0.05, 0) is 63.1 Å². The van der Waals surface area contributed by atoms with Gasteiger partial charge in [-0.1, -0.05) is 11.6 Å². The molecule has 1 aromatic carbocycles. The fourth-order valence-electron chi connectivity index (χ4n) is 5.02. The van der Waals surface area contributed by atoms with Crippen LogP contribution in [0, 0.1) is 12.3 Å². The number of hydrogen-bond donors (Lipinski definition) is 2. The standard InChI is InChI=1S/C22H32N2O4/c1-16-4-5-20(26)19(11-16)21(27)24-9-6-22(7-10-24)12-18(28-15-22)14-23-8-2-3-17(25)13-23/h4-5,11,17-18,25-26H,2-3,6-10,12-15H2,1H3/t17-,18+/m0/s1. The Kier molecular flexibility index (Phi) is 5.63. The molecule has 6 nitrogen and oxygen atoms in total. The molecule has 1 aromatic rings. The van der Waals surface area contributed by atoms with Crippen molar-refractivity contribution in [1.29, 1.82) is 0 Å². The van der Waals surface area contributed by atoms with Gasteiger partial charge >= 0.3 is 0 Å². The Morgan fingerprint density at radius 2 is 2.07 bits per heavy atom. The van der Waals surface area contributed by atoms with Gasteiger partial charge in [0.1, 0.15) is 5.75 Å². The molecule has 6 heteroatoms. The number of likely N-dealkylation sites (tertiary alicyclic amines) is 2. The number of piperidine rings is 2. The summed E-state index contributed by atoms with van der Waals surface area (Å²) in [5, 5.41) is 19.9. The van der Waals surface area contributed by atoms with Crippen LogP contribution in [0.15, 0.2) is 18.2 Å². The van der Waals surface area contributed by atoms with E-state index in [1.807, 2.05) is 17.9 Å². The van der Waals surface area contributed by atoms with E-state index in [9.17, 15) is 15.0 Å². The van der Waals surface area contributed by atoms with Crippen LogP contribution in [0.3, 0.4) is 0 Å². The molecule has 3 saturated heterocycles. The molecule has 4 rings (SSSR count). The molecule has 0 bridgehead atoms. The SMILES string of the molecule is Cc1ccc(O)c(C(=O)N2CCC3(CC2)CO[C@@H](CN2CCC[C@H](O)C2)C3)c1. The van der Waals surface area contributed by atoms with Gasteiger partial charge in [-0.15, -0.1) is 0 Å². The highest BCUT2D eigenvalue weighted by atomic mass is 16.5. The van der Waals surface area contributed by atoms with Crippen molar-refractivity contribution in [2.75, 3.05) is 39.3 Å². The number of hydrogen-bond acceptors (Lipinski definition) is 5. The second-order valence-corrected chi connectivity index (χ2v) is 9.01. The van der Waals surface area contributed by atoms with Crippen LogP contribution < -0.4 is 0 Å². The number of aliphatic hydroxyl groups is 1. The highest BCUT2D eigenvalue weighted by molar-refractivity contribution is 5.97.